The number of hydrogen-bond donors (Lipinski definition) is 0. The second kappa shape index (κ2) is 5.11. The first-order valence-corrected chi connectivity index (χ1v) is 11.7. The van der Waals surface area contributed by atoms with Crippen LogP contribution in [0.5, 0.6) is 0 Å². The first-order valence-electron chi connectivity index (χ1n) is 5.78. The van der Waals surface area contributed by atoms with Gasteiger partial charge in [0.05, 0.1) is 0 Å². The van der Waals surface area contributed by atoms with Crippen molar-refractivity contribution in [3.8, 4) is 0 Å². The van der Waals surface area contributed by atoms with Crippen molar-refractivity contribution in [3.05, 3.63) is 42.5 Å². The molecule has 0 amide bonds. The predicted octanol–water partition coefficient (Wildman–Crippen LogP) is 3.77. The third-order valence-electron chi connectivity index (χ3n) is 3.15. The van der Waals surface area contributed by atoms with Crippen LogP contribution in [0.2, 0.25) is 3.43 Å². The Balaban J connectivity index is 2.42. The Hall–Kier alpha value is -0.365. The van der Waals surface area contributed by atoms with Gasteiger partial charge >= 0.3 is 105 Å². The quantitative estimate of drug-likeness (QED) is 0.707. The molecule has 0 aliphatic rings. The van der Waals surface area contributed by atoms with E-state index in [1.807, 2.05) is 0 Å². The molecular weight excluding hydrogens is 369 g/mol. The van der Waals surface area contributed by atoms with E-state index in [0.29, 0.717) is 0 Å². The monoisotopic (exact) mass is 386 g/mol. The standard InChI is InChI=1S/C10H7.C4H9.Hg/c1-2-6-10-8-4-3-7-9(10)5-1;1-3-4-2;/h1-7H;3H,4H2,1-2H3;. The van der Waals surface area contributed by atoms with Gasteiger partial charge in [0.15, 0.2) is 0 Å². The van der Waals surface area contributed by atoms with Crippen LogP contribution >= 0.6 is 0 Å². The van der Waals surface area contributed by atoms with E-state index in [-0.39, 0.29) is 0 Å². The van der Waals surface area contributed by atoms with Gasteiger partial charge in [-0.05, 0) is 0 Å². The van der Waals surface area contributed by atoms with E-state index in [1.54, 1.807) is 3.07 Å². The molecule has 15 heavy (non-hydrogen) atoms. The molecule has 0 saturated heterocycles. The van der Waals surface area contributed by atoms with E-state index in [4.69, 9.17) is 0 Å². The predicted molar refractivity (Wildman–Crippen MR) is 63.3 cm³/mol. The summed E-state index contributed by atoms with van der Waals surface area (Å²) in [6, 6.07) is 15.6. The molecular formula is C14H16Hg. The molecule has 1 atom stereocenters. The van der Waals surface area contributed by atoms with Gasteiger partial charge in [-0.3, -0.25) is 0 Å². The van der Waals surface area contributed by atoms with Gasteiger partial charge in [-0.25, -0.2) is 0 Å². The van der Waals surface area contributed by atoms with Crippen molar-refractivity contribution in [1.29, 1.82) is 0 Å². The van der Waals surface area contributed by atoms with Crippen LogP contribution in [-0.4, -0.2) is 0 Å². The van der Waals surface area contributed by atoms with Gasteiger partial charge in [-0.2, -0.15) is 0 Å². The van der Waals surface area contributed by atoms with Crippen molar-refractivity contribution in [2.75, 3.05) is 0 Å². The molecule has 2 aromatic rings. The maximum absolute atomic E-state index is 2.42. The van der Waals surface area contributed by atoms with Crippen LogP contribution < -0.4 is 3.07 Å². The summed E-state index contributed by atoms with van der Waals surface area (Å²) >= 11 is -0.890. The third-order valence-corrected chi connectivity index (χ3v) is 12.2. The molecule has 0 spiro atoms. The van der Waals surface area contributed by atoms with Crippen molar-refractivity contribution in [2.24, 2.45) is 0 Å². The number of hydrogen-bond acceptors (Lipinski definition) is 0. The Morgan fingerprint density at radius 3 is 2.60 bits per heavy atom. The van der Waals surface area contributed by atoms with Crippen LogP contribution in [0.3, 0.4) is 0 Å². The summed E-state index contributed by atoms with van der Waals surface area (Å²) in [7, 11) is 0. The second-order valence-electron chi connectivity index (χ2n) is 4.36. The van der Waals surface area contributed by atoms with Crippen molar-refractivity contribution >= 4 is 13.8 Å². The molecule has 0 nitrogen and oxygen atoms in total. The fourth-order valence-corrected chi connectivity index (χ4v) is 9.20. The molecule has 2 aromatic carbocycles. The number of fused-ring (bicyclic) bond motifs is 1. The van der Waals surface area contributed by atoms with Gasteiger partial charge in [0, 0.05) is 0 Å². The summed E-state index contributed by atoms with van der Waals surface area (Å²) in [4.78, 5) is 0. The molecule has 74 valence electrons. The van der Waals surface area contributed by atoms with Crippen LogP contribution in [0.15, 0.2) is 42.5 Å². The van der Waals surface area contributed by atoms with E-state index in [9.17, 15) is 0 Å². The average Bonchev–Trinajstić information content (AvgIpc) is 2.29. The van der Waals surface area contributed by atoms with Crippen LogP contribution in [0.4, 0.5) is 0 Å². The molecule has 0 radical (unpaired) electrons. The SMILES string of the molecule is CC[CH](C)[Hg][c]1cccc2ccccc12. The maximum atomic E-state index is 2.42. The molecule has 1 unspecified atom stereocenters. The molecule has 0 bridgehead atoms. The van der Waals surface area contributed by atoms with E-state index in [2.05, 4.69) is 56.3 Å². The van der Waals surface area contributed by atoms with Gasteiger partial charge in [0.25, 0.3) is 0 Å². The molecule has 0 saturated carbocycles. The minimum atomic E-state index is -0.890. The molecule has 1 heteroatoms. The van der Waals surface area contributed by atoms with Gasteiger partial charge in [-0.15, -0.1) is 0 Å². The molecule has 0 heterocycles. The molecule has 0 N–H and O–H groups in total. The van der Waals surface area contributed by atoms with E-state index in [0.717, 1.165) is 3.43 Å². The Labute approximate surface area is 104 Å². The van der Waals surface area contributed by atoms with Gasteiger partial charge in [0.1, 0.15) is 0 Å². The average molecular weight is 385 g/mol. The van der Waals surface area contributed by atoms with Crippen LogP contribution in [0.1, 0.15) is 20.3 Å². The van der Waals surface area contributed by atoms with E-state index >= 15 is 0 Å². The summed E-state index contributed by atoms with van der Waals surface area (Å²) in [5.41, 5.74) is 0. The summed E-state index contributed by atoms with van der Waals surface area (Å²) in [5.74, 6) is 0. The zero-order chi connectivity index (χ0) is 10.7. The summed E-state index contributed by atoms with van der Waals surface area (Å²) in [6.45, 7) is 4.74. The van der Waals surface area contributed by atoms with Crippen molar-refractivity contribution in [2.45, 2.75) is 23.7 Å². The van der Waals surface area contributed by atoms with Crippen molar-refractivity contribution < 1.29 is 24.6 Å². The second-order valence-corrected chi connectivity index (χ2v) is 14.3. The minimum absolute atomic E-state index is 0.890. The normalized spacial score (nSPS) is 12.4. The van der Waals surface area contributed by atoms with Gasteiger partial charge < -0.3 is 0 Å². The zero-order valence-corrected chi connectivity index (χ0v) is 15.0. The molecule has 0 fully saturated rings. The van der Waals surface area contributed by atoms with E-state index < -0.39 is 24.6 Å². The fourth-order valence-electron chi connectivity index (χ4n) is 1.99. The first-order chi connectivity index (χ1) is 7.31. The van der Waals surface area contributed by atoms with Crippen LogP contribution in [0.25, 0.3) is 10.8 Å². The molecule has 0 aliphatic heterocycles. The molecule has 0 aliphatic carbocycles. The summed E-state index contributed by atoms with van der Waals surface area (Å²) < 4.78 is 2.71. The van der Waals surface area contributed by atoms with Gasteiger partial charge in [-0.1, -0.05) is 0 Å². The Bertz CT molecular complexity index is 443. The number of benzene rings is 2. The zero-order valence-electron chi connectivity index (χ0n) is 9.53. The Morgan fingerprint density at radius 2 is 1.80 bits per heavy atom. The first kappa shape index (κ1) is 11.1. The summed E-state index contributed by atoms with van der Waals surface area (Å²) in [5, 5.41) is 2.93. The fraction of sp³-hybridized carbons (Fsp3) is 0.286. The Kier molecular flexibility index (Phi) is 3.79. The van der Waals surface area contributed by atoms with Crippen LogP contribution in [0, 0.1) is 0 Å². The van der Waals surface area contributed by atoms with Gasteiger partial charge in [0.2, 0.25) is 0 Å². The van der Waals surface area contributed by atoms with Crippen LogP contribution in [-0.2, 0) is 24.6 Å². The molecule has 2 rings (SSSR count). The number of rotatable bonds is 3. The Morgan fingerprint density at radius 1 is 1.07 bits per heavy atom. The summed E-state index contributed by atoms with van der Waals surface area (Å²) in [6.07, 6.45) is 1.35. The topological polar surface area (TPSA) is 0 Å². The van der Waals surface area contributed by atoms with Crippen molar-refractivity contribution in [3.63, 3.8) is 0 Å². The van der Waals surface area contributed by atoms with E-state index in [1.165, 1.54) is 17.2 Å². The third kappa shape index (κ3) is 2.60. The molecule has 0 aromatic heterocycles. The van der Waals surface area contributed by atoms with Crippen molar-refractivity contribution in [1.82, 2.24) is 0 Å².